The van der Waals surface area contributed by atoms with E-state index in [2.05, 4.69) is 544 Å². The Kier molecular flexibility index (Phi) is 19.9. The lowest BCUT2D eigenvalue weighted by molar-refractivity contribution is 0.768. The van der Waals surface area contributed by atoms with E-state index in [-0.39, 0.29) is 0 Å². The van der Waals surface area contributed by atoms with Crippen LogP contribution in [0.3, 0.4) is 0 Å². The molecule has 2 aliphatic carbocycles. The number of anilines is 9. The first-order chi connectivity index (χ1) is 65.8. The molecule has 626 valence electrons. The third kappa shape index (κ3) is 13.6. The molecule has 133 heavy (non-hydrogen) atoms. The van der Waals surface area contributed by atoms with Crippen molar-refractivity contribution in [1.82, 2.24) is 0 Å². The van der Waals surface area contributed by atoms with Gasteiger partial charge in [-0.3, -0.25) is 0 Å². The molecule has 23 aromatic rings. The third-order valence-corrected chi connectivity index (χ3v) is 27.9. The van der Waals surface area contributed by atoms with Gasteiger partial charge >= 0.3 is 0 Å². The van der Waals surface area contributed by atoms with E-state index < -0.39 is 10.8 Å². The molecule has 0 fully saturated rings. The Morgan fingerprint density at radius 2 is 0.466 bits per heavy atom. The first-order valence-electron chi connectivity index (χ1n) is 46.2. The molecule has 0 aliphatic heterocycles. The molecule has 23 aromatic carbocycles. The zero-order valence-corrected chi connectivity index (χ0v) is 73.9. The van der Waals surface area contributed by atoms with E-state index >= 15 is 0 Å². The van der Waals surface area contributed by atoms with Crippen LogP contribution < -0.4 is 14.7 Å². The molecule has 0 spiro atoms. The lowest BCUT2D eigenvalue weighted by atomic mass is 9.67. The minimum Gasteiger partial charge on any atom is -0.311 e. The summed E-state index contributed by atoms with van der Waals surface area (Å²) in [4.78, 5) is 7.35. The van der Waals surface area contributed by atoms with Crippen LogP contribution in [0.4, 0.5) is 51.2 Å². The highest BCUT2D eigenvalue weighted by molar-refractivity contribution is 6.28. The van der Waals surface area contributed by atoms with E-state index in [9.17, 15) is 0 Å². The normalized spacial score (nSPS) is 12.6. The number of hydrogen-bond acceptors (Lipinski definition) is 3. The highest BCUT2D eigenvalue weighted by Crippen LogP contribution is 2.60. The van der Waals surface area contributed by atoms with Gasteiger partial charge < -0.3 is 14.7 Å². The molecular weight excluding hydrogens is 1600 g/mol. The van der Waals surface area contributed by atoms with Gasteiger partial charge in [0.25, 0.3) is 0 Å². The number of fused-ring (bicyclic) bond motifs is 8. The van der Waals surface area contributed by atoms with Gasteiger partial charge in [-0.2, -0.15) is 0 Å². The van der Waals surface area contributed by atoms with Crippen molar-refractivity contribution >= 4 is 105 Å². The standard InChI is InChI=1S/C80H56N2.C50H35N/c1-53-21-17-29-61(49-53)81(63-31-19-27-59(51-63)79(57-23-5-3-6-24-57)71-37-13-9-33-65(71)66-34-10-14-38-72(66)79)75-47-43-55-42-46-70-76(48-44-56-41-45-69(75)77(55)78(56)70)82(62-30-18-22-54(2)50-62)64-32-20-28-60(52-64)80(58-25-7-4-8-26-58)73-39-15-11-35-67(73)68-36-12-16-40-74(68)80;1-3-12-36(13-4-1)38-22-28-44(29-23-38)51(45-30-24-39(25-31-45)37-14-5-2-6-15-37)46-32-26-41(27-33-46)49-34-42-17-7-8-18-43(42)35-50(49)48-21-11-19-40-16-9-10-20-47(40)48/h3-52H,1-2H3;1-35H. The van der Waals surface area contributed by atoms with Crippen LogP contribution in [0.1, 0.15) is 55.6 Å². The number of aryl methyl sites for hydroxylation is 2. The molecule has 0 amide bonds. The molecule has 2 aliphatic rings. The summed E-state index contributed by atoms with van der Waals surface area (Å²) in [6.07, 6.45) is 0. The van der Waals surface area contributed by atoms with Gasteiger partial charge in [0.2, 0.25) is 0 Å². The van der Waals surface area contributed by atoms with E-state index in [0.717, 1.165) is 51.2 Å². The average molecular weight is 1700 g/mol. The first kappa shape index (κ1) is 79.4. The average Bonchev–Trinajstić information content (AvgIpc) is 1.55. The van der Waals surface area contributed by atoms with E-state index in [4.69, 9.17) is 0 Å². The minimum absolute atomic E-state index is 0.543. The summed E-state index contributed by atoms with van der Waals surface area (Å²) >= 11 is 0. The quantitative estimate of drug-likeness (QED) is 0.0842. The van der Waals surface area contributed by atoms with E-state index in [1.54, 1.807) is 0 Å². The second-order valence-corrected chi connectivity index (χ2v) is 35.4. The van der Waals surface area contributed by atoms with Gasteiger partial charge in [-0.1, -0.05) is 406 Å². The summed E-state index contributed by atoms with van der Waals surface area (Å²) in [7, 11) is 0. The van der Waals surface area contributed by atoms with E-state index in [1.165, 1.54) is 176 Å². The van der Waals surface area contributed by atoms with Crippen LogP contribution >= 0.6 is 0 Å². The zero-order chi connectivity index (χ0) is 88.5. The molecule has 0 N–H and O–H groups in total. The van der Waals surface area contributed by atoms with Crippen LogP contribution in [0.5, 0.6) is 0 Å². The Balaban J connectivity index is 0.000000164. The van der Waals surface area contributed by atoms with Crippen molar-refractivity contribution in [3.63, 3.8) is 0 Å². The minimum atomic E-state index is -0.543. The molecule has 0 heterocycles. The number of rotatable bonds is 17. The van der Waals surface area contributed by atoms with Crippen molar-refractivity contribution < 1.29 is 0 Å². The lowest BCUT2D eigenvalue weighted by Crippen LogP contribution is -2.28. The molecule has 0 atom stereocenters. The number of benzene rings is 23. The van der Waals surface area contributed by atoms with Crippen molar-refractivity contribution in [3.8, 4) is 66.8 Å². The third-order valence-electron chi connectivity index (χ3n) is 27.9. The predicted molar refractivity (Wildman–Crippen MR) is 561 cm³/mol. The van der Waals surface area contributed by atoms with Gasteiger partial charge in [0.15, 0.2) is 0 Å². The summed E-state index contributed by atoms with van der Waals surface area (Å²) < 4.78 is 0. The Bertz CT molecular complexity index is 7850. The maximum Gasteiger partial charge on any atom is 0.0714 e. The molecule has 3 heteroatoms. The molecule has 25 rings (SSSR count). The topological polar surface area (TPSA) is 9.72 Å². The Morgan fingerprint density at radius 1 is 0.158 bits per heavy atom. The van der Waals surface area contributed by atoms with Crippen molar-refractivity contribution in [2.75, 3.05) is 14.7 Å². The van der Waals surface area contributed by atoms with E-state index in [0.29, 0.717) is 0 Å². The molecule has 3 nitrogen and oxygen atoms in total. The second kappa shape index (κ2) is 33.3. The zero-order valence-electron chi connectivity index (χ0n) is 73.9. The highest BCUT2D eigenvalue weighted by Gasteiger charge is 2.48. The maximum absolute atomic E-state index is 2.50. The number of nitrogens with zero attached hydrogens (tertiary/aromatic N) is 3. The van der Waals surface area contributed by atoms with Crippen molar-refractivity contribution in [3.05, 3.63) is 571 Å². The molecule has 0 aromatic heterocycles. The van der Waals surface area contributed by atoms with Crippen molar-refractivity contribution in [2.45, 2.75) is 24.7 Å². The molecule has 0 unspecified atom stereocenters. The Morgan fingerprint density at radius 3 is 0.887 bits per heavy atom. The van der Waals surface area contributed by atoms with Gasteiger partial charge in [-0.25, -0.2) is 0 Å². The second-order valence-electron chi connectivity index (χ2n) is 35.4. The fourth-order valence-corrected chi connectivity index (χ4v) is 22.0. The lowest BCUT2D eigenvalue weighted by Gasteiger charge is -2.35. The summed E-state index contributed by atoms with van der Waals surface area (Å²) in [5.74, 6) is 0. The SMILES string of the molecule is Cc1cccc(N(c2cccc(C3(c4ccccc4)c4ccccc4-c4ccccc43)c2)c2ccc3ccc4c(N(c5cccc(C)c5)c5cccc(C6(c7ccccc7)c7ccccc7-c7ccccc76)c5)ccc5ccc2c3c54)c1.c1ccc(-c2ccc(N(c3ccc(-c4ccccc4)cc3)c3ccc(-c4cc5ccccc5cc4-c4cccc5ccccc45)cc3)cc2)cc1. The molecule has 0 saturated carbocycles. The van der Waals surface area contributed by atoms with Crippen LogP contribution in [0.15, 0.2) is 516 Å². The van der Waals surface area contributed by atoms with Crippen LogP contribution in [0, 0.1) is 13.8 Å². The van der Waals surface area contributed by atoms with E-state index in [1.807, 2.05) is 0 Å². The largest absolute Gasteiger partial charge is 0.311 e. The monoisotopic (exact) mass is 1690 g/mol. The maximum atomic E-state index is 2.50. The van der Waals surface area contributed by atoms with Crippen molar-refractivity contribution in [2.24, 2.45) is 0 Å². The smallest absolute Gasteiger partial charge is 0.0714 e. The van der Waals surface area contributed by atoms with Crippen LogP contribution in [0.25, 0.3) is 121 Å². The van der Waals surface area contributed by atoms with Gasteiger partial charge in [0.05, 0.1) is 22.2 Å². The fourth-order valence-electron chi connectivity index (χ4n) is 22.0. The molecule has 0 saturated heterocycles. The van der Waals surface area contributed by atoms with Crippen LogP contribution in [-0.2, 0) is 10.8 Å². The summed E-state index contributed by atoms with van der Waals surface area (Å²) in [6, 6.07) is 190. The Hall–Kier alpha value is -17.0. The highest BCUT2D eigenvalue weighted by atomic mass is 15.2. The van der Waals surface area contributed by atoms with Gasteiger partial charge in [-0.05, 0) is 289 Å². The number of hydrogen-bond donors (Lipinski definition) is 0. The first-order valence-corrected chi connectivity index (χ1v) is 46.2. The molecular formula is C130H91N3. The van der Waals surface area contributed by atoms with Crippen molar-refractivity contribution in [1.29, 1.82) is 0 Å². The van der Waals surface area contributed by atoms with Crippen LogP contribution in [-0.4, -0.2) is 0 Å². The van der Waals surface area contributed by atoms with Gasteiger partial charge in [-0.15, -0.1) is 0 Å². The van der Waals surface area contributed by atoms with Gasteiger partial charge in [0.1, 0.15) is 0 Å². The van der Waals surface area contributed by atoms with Gasteiger partial charge in [0, 0.05) is 50.6 Å². The van der Waals surface area contributed by atoms with Crippen LogP contribution in [0.2, 0.25) is 0 Å². The predicted octanol–water partition coefficient (Wildman–Crippen LogP) is 35.0. The fraction of sp³-hybridized carbons (Fsp3) is 0.0308. The molecule has 0 radical (unpaired) electrons. The summed E-state index contributed by atoms with van der Waals surface area (Å²) in [6.45, 7) is 4.40. The Labute approximate surface area is 777 Å². The molecule has 0 bridgehead atoms. The summed E-state index contributed by atoms with van der Waals surface area (Å²) in [5.41, 5.74) is 36.3. The summed E-state index contributed by atoms with van der Waals surface area (Å²) in [5, 5.41) is 12.3.